The third-order valence-corrected chi connectivity index (χ3v) is 5.31. The molecule has 4 aromatic rings. The Kier molecular flexibility index (Phi) is 5.17. The summed E-state index contributed by atoms with van der Waals surface area (Å²) in [5, 5.41) is 10.2. The van der Waals surface area contributed by atoms with E-state index in [0.717, 1.165) is 31.7 Å². The van der Waals surface area contributed by atoms with E-state index in [0.29, 0.717) is 17.5 Å². The van der Waals surface area contributed by atoms with Crippen molar-refractivity contribution >= 4 is 22.8 Å². The van der Waals surface area contributed by atoms with Gasteiger partial charge in [-0.25, -0.2) is 23.7 Å². The van der Waals surface area contributed by atoms with Crippen LogP contribution in [0.5, 0.6) is 0 Å². The van der Waals surface area contributed by atoms with Gasteiger partial charge in [0.1, 0.15) is 11.3 Å². The van der Waals surface area contributed by atoms with E-state index < -0.39 is 11.6 Å². The van der Waals surface area contributed by atoms with E-state index in [-0.39, 0.29) is 35.5 Å². The van der Waals surface area contributed by atoms with Crippen molar-refractivity contribution in [2.24, 2.45) is 0 Å². The zero-order valence-corrected chi connectivity index (χ0v) is 16.7. The molecule has 1 saturated carbocycles. The second-order valence-corrected chi connectivity index (χ2v) is 7.52. The van der Waals surface area contributed by atoms with Crippen LogP contribution in [-0.4, -0.2) is 47.7 Å². The predicted molar refractivity (Wildman–Crippen MR) is 108 cm³/mol. The SMILES string of the molecule is O=C(N[C@@H]1CCC[C@H](Nc2nc(-n3ncc4ncc(F)cc43)ncc2F)C1)c1cnco1. The summed E-state index contributed by atoms with van der Waals surface area (Å²) in [5.74, 6) is -1.25. The highest BCUT2D eigenvalue weighted by Gasteiger charge is 2.26. The molecule has 164 valence electrons. The summed E-state index contributed by atoms with van der Waals surface area (Å²) in [6.45, 7) is 0. The molecule has 0 unspecified atom stereocenters. The molecule has 0 aliphatic heterocycles. The maximum absolute atomic E-state index is 14.5. The summed E-state index contributed by atoms with van der Waals surface area (Å²) in [7, 11) is 0. The van der Waals surface area contributed by atoms with Gasteiger partial charge in [-0.3, -0.25) is 4.79 Å². The fraction of sp³-hybridized carbons (Fsp3) is 0.300. The van der Waals surface area contributed by atoms with E-state index in [9.17, 15) is 13.6 Å². The van der Waals surface area contributed by atoms with Crippen molar-refractivity contribution < 1.29 is 18.0 Å². The normalized spacial score (nSPS) is 18.6. The van der Waals surface area contributed by atoms with Gasteiger partial charge in [0.15, 0.2) is 18.0 Å². The van der Waals surface area contributed by atoms with Gasteiger partial charge in [-0.05, 0) is 25.7 Å². The largest absolute Gasteiger partial charge is 0.438 e. The summed E-state index contributed by atoms with van der Waals surface area (Å²) < 4.78 is 34.4. The van der Waals surface area contributed by atoms with Gasteiger partial charge in [0.25, 0.3) is 11.9 Å². The average molecular weight is 440 g/mol. The maximum atomic E-state index is 14.5. The van der Waals surface area contributed by atoms with Gasteiger partial charge < -0.3 is 15.1 Å². The molecule has 4 heterocycles. The molecule has 0 saturated heterocycles. The molecule has 10 nitrogen and oxygen atoms in total. The van der Waals surface area contributed by atoms with Crippen LogP contribution in [0, 0.1) is 11.6 Å². The van der Waals surface area contributed by atoms with Crippen LogP contribution < -0.4 is 10.6 Å². The van der Waals surface area contributed by atoms with Crippen molar-refractivity contribution in [2.45, 2.75) is 37.8 Å². The van der Waals surface area contributed by atoms with Crippen LogP contribution in [-0.2, 0) is 0 Å². The highest BCUT2D eigenvalue weighted by Crippen LogP contribution is 2.24. The number of carbonyl (C=O) groups is 1. The van der Waals surface area contributed by atoms with Crippen LogP contribution in [0.4, 0.5) is 14.6 Å². The molecule has 1 amide bonds. The standard InChI is InChI=1S/C20H18F2N8O2/c21-11-4-16-15(24-6-11)8-26-30(16)20-25-7-14(22)18(29-20)27-12-2-1-3-13(5-12)28-19(31)17-9-23-10-32-17/h4,6-10,12-13H,1-3,5H2,(H,28,31)(H,25,27,29)/t12-,13+/m0/s1. The number of aromatic nitrogens is 6. The molecule has 2 atom stereocenters. The van der Waals surface area contributed by atoms with E-state index in [1.54, 1.807) is 0 Å². The molecule has 1 aliphatic rings. The number of carbonyl (C=O) groups excluding carboxylic acids is 1. The number of hydrogen-bond acceptors (Lipinski definition) is 8. The number of oxazole rings is 1. The number of amides is 1. The Morgan fingerprint density at radius 3 is 2.84 bits per heavy atom. The Morgan fingerprint density at radius 1 is 1.12 bits per heavy atom. The number of anilines is 1. The Bertz CT molecular complexity index is 1260. The minimum absolute atomic E-state index is 0.00947. The quantitative estimate of drug-likeness (QED) is 0.485. The molecule has 12 heteroatoms. The number of fused-ring (bicyclic) bond motifs is 1. The van der Waals surface area contributed by atoms with Gasteiger partial charge in [-0.1, -0.05) is 0 Å². The topological polar surface area (TPSA) is 124 Å². The molecular formula is C20H18F2N8O2. The number of hydrogen-bond donors (Lipinski definition) is 2. The number of nitrogens with zero attached hydrogens (tertiary/aromatic N) is 6. The summed E-state index contributed by atoms with van der Waals surface area (Å²) >= 11 is 0. The Morgan fingerprint density at radius 2 is 2.00 bits per heavy atom. The molecule has 1 aliphatic carbocycles. The number of rotatable bonds is 5. The van der Waals surface area contributed by atoms with Crippen LogP contribution in [0.1, 0.15) is 36.2 Å². The van der Waals surface area contributed by atoms with E-state index in [1.165, 1.54) is 29.5 Å². The van der Waals surface area contributed by atoms with Crippen molar-refractivity contribution in [3.63, 3.8) is 0 Å². The lowest BCUT2D eigenvalue weighted by Gasteiger charge is -2.30. The van der Waals surface area contributed by atoms with Crippen molar-refractivity contribution in [2.75, 3.05) is 5.32 Å². The minimum Gasteiger partial charge on any atom is -0.438 e. The second-order valence-electron chi connectivity index (χ2n) is 7.52. The first kappa shape index (κ1) is 20.0. The summed E-state index contributed by atoms with van der Waals surface area (Å²) in [6, 6.07) is 1.04. The first-order valence-electron chi connectivity index (χ1n) is 10.0. The number of nitrogens with one attached hydrogen (secondary N) is 2. The van der Waals surface area contributed by atoms with Crippen LogP contribution in [0.25, 0.3) is 17.0 Å². The van der Waals surface area contributed by atoms with Gasteiger partial charge >= 0.3 is 0 Å². The van der Waals surface area contributed by atoms with Crippen molar-refractivity contribution in [1.29, 1.82) is 0 Å². The average Bonchev–Trinajstić information content (AvgIpc) is 3.46. The molecule has 0 radical (unpaired) electrons. The number of pyridine rings is 1. The van der Waals surface area contributed by atoms with Crippen LogP contribution >= 0.6 is 0 Å². The smallest absolute Gasteiger partial charge is 0.288 e. The van der Waals surface area contributed by atoms with Gasteiger partial charge in [0, 0.05) is 18.2 Å². The third-order valence-electron chi connectivity index (χ3n) is 5.31. The highest BCUT2D eigenvalue weighted by atomic mass is 19.1. The molecule has 32 heavy (non-hydrogen) atoms. The molecule has 1 fully saturated rings. The van der Waals surface area contributed by atoms with E-state index in [1.807, 2.05) is 0 Å². The predicted octanol–water partition coefficient (Wildman–Crippen LogP) is 2.63. The summed E-state index contributed by atoms with van der Waals surface area (Å²) in [4.78, 5) is 28.2. The Balaban J connectivity index is 1.33. The highest BCUT2D eigenvalue weighted by molar-refractivity contribution is 5.91. The fourth-order valence-corrected chi connectivity index (χ4v) is 3.83. The van der Waals surface area contributed by atoms with E-state index >= 15 is 0 Å². The van der Waals surface area contributed by atoms with Crippen LogP contribution in [0.3, 0.4) is 0 Å². The Labute approximate surface area is 180 Å². The molecule has 2 N–H and O–H groups in total. The lowest BCUT2D eigenvalue weighted by molar-refractivity contribution is 0.0898. The monoisotopic (exact) mass is 440 g/mol. The lowest BCUT2D eigenvalue weighted by atomic mass is 9.91. The third kappa shape index (κ3) is 3.98. The fourth-order valence-electron chi connectivity index (χ4n) is 3.83. The summed E-state index contributed by atoms with van der Waals surface area (Å²) in [6.07, 6.45) is 9.14. The van der Waals surface area contributed by atoms with Crippen molar-refractivity contribution in [1.82, 2.24) is 35.0 Å². The summed E-state index contributed by atoms with van der Waals surface area (Å²) in [5.41, 5.74) is 0.835. The van der Waals surface area contributed by atoms with E-state index in [2.05, 4.69) is 35.7 Å². The molecule has 0 spiro atoms. The minimum atomic E-state index is -0.623. The molecule has 4 aromatic heterocycles. The van der Waals surface area contributed by atoms with Gasteiger partial charge in [-0.15, -0.1) is 0 Å². The molecule has 0 bridgehead atoms. The van der Waals surface area contributed by atoms with Gasteiger partial charge in [-0.2, -0.15) is 14.8 Å². The number of halogens is 2. The van der Waals surface area contributed by atoms with E-state index in [4.69, 9.17) is 4.42 Å². The van der Waals surface area contributed by atoms with Crippen molar-refractivity contribution in [3.05, 3.63) is 54.6 Å². The lowest BCUT2D eigenvalue weighted by Crippen LogP contribution is -2.42. The zero-order chi connectivity index (χ0) is 22.1. The van der Waals surface area contributed by atoms with Crippen LogP contribution in [0.2, 0.25) is 0 Å². The Hall–Kier alpha value is -3.96. The van der Waals surface area contributed by atoms with Gasteiger partial charge in [0.05, 0.1) is 30.3 Å². The second kappa shape index (κ2) is 8.29. The first-order valence-corrected chi connectivity index (χ1v) is 10.0. The molecule has 5 rings (SSSR count). The zero-order valence-electron chi connectivity index (χ0n) is 16.7. The van der Waals surface area contributed by atoms with Crippen LogP contribution in [0.15, 0.2) is 41.7 Å². The first-order chi connectivity index (χ1) is 15.6. The van der Waals surface area contributed by atoms with Crippen molar-refractivity contribution in [3.8, 4) is 5.95 Å². The maximum Gasteiger partial charge on any atom is 0.288 e. The van der Waals surface area contributed by atoms with Gasteiger partial charge in [0.2, 0.25) is 5.76 Å². The molecule has 0 aromatic carbocycles. The molecular weight excluding hydrogens is 422 g/mol.